The third-order valence-corrected chi connectivity index (χ3v) is 5.55. The fourth-order valence-corrected chi connectivity index (χ4v) is 3.86. The molecule has 3 unspecified atom stereocenters. The fourth-order valence-electron chi connectivity index (χ4n) is 3.86. The number of hydrogen-bond acceptors (Lipinski definition) is 4. The third-order valence-electron chi connectivity index (χ3n) is 5.55. The highest BCUT2D eigenvalue weighted by molar-refractivity contribution is 5.94. The lowest BCUT2D eigenvalue weighted by atomic mass is 9.85. The van der Waals surface area contributed by atoms with Crippen LogP contribution in [0.4, 0.5) is 5.69 Å². The van der Waals surface area contributed by atoms with E-state index < -0.39 is 0 Å². The Kier molecular flexibility index (Phi) is 9.22. The van der Waals surface area contributed by atoms with Crippen LogP contribution in [0.25, 0.3) is 0 Å². The van der Waals surface area contributed by atoms with Crippen molar-refractivity contribution >= 4 is 29.9 Å². The summed E-state index contributed by atoms with van der Waals surface area (Å²) in [5.74, 6) is 0.959. The summed E-state index contributed by atoms with van der Waals surface area (Å²) in [6, 6.07) is 7.61. The first-order chi connectivity index (χ1) is 13.1. The van der Waals surface area contributed by atoms with Crippen molar-refractivity contribution in [2.24, 2.45) is 11.8 Å². The Labute approximate surface area is 173 Å². The maximum atomic E-state index is 12.3. The highest BCUT2D eigenvalue weighted by atomic mass is 35.5. The third kappa shape index (κ3) is 6.76. The van der Waals surface area contributed by atoms with Gasteiger partial charge in [0.1, 0.15) is 6.10 Å². The zero-order chi connectivity index (χ0) is 19.1. The van der Waals surface area contributed by atoms with Crippen molar-refractivity contribution in [1.29, 1.82) is 0 Å². The van der Waals surface area contributed by atoms with Crippen LogP contribution in [0, 0.1) is 11.8 Å². The number of benzene rings is 1. The number of piperidine rings is 1. The molecule has 2 amide bonds. The Morgan fingerprint density at radius 3 is 2.86 bits per heavy atom. The van der Waals surface area contributed by atoms with Crippen LogP contribution >= 0.6 is 12.4 Å². The summed E-state index contributed by atoms with van der Waals surface area (Å²) in [6.07, 6.45) is 4.32. The quantitative estimate of drug-likeness (QED) is 0.647. The van der Waals surface area contributed by atoms with Crippen LogP contribution in [-0.4, -0.2) is 37.6 Å². The Bertz CT molecular complexity index is 644. The first kappa shape index (κ1) is 22.7. The van der Waals surface area contributed by atoms with Crippen molar-refractivity contribution in [2.75, 3.05) is 25.0 Å². The molecule has 0 spiro atoms. The molecule has 28 heavy (non-hydrogen) atoms. The van der Waals surface area contributed by atoms with Gasteiger partial charge in [0.25, 0.3) is 5.91 Å². The monoisotopic (exact) mass is 409 g/mol. The molecular formula is C21H32ClN3O3. The zero-order valence-corrected chi connectivity index (χ0v) is 17.4. The van der Waals surface area contributed by atoms with Crippen LogP contribution in [0.1, 0.15) is 44.6 Å². The van der Waals surface area contributed by atoms with Gasteiger partial charge in [-0.3, -0.25) is 9.59 Å². The number of ether oxygens (including phenoxy) is 1. The van der Waals surface area contributed by atoms with Crippen molar-refractivity contribution in [2.45, 2.75) is 51.7 Å². The van der Waals surface area contributed by atoms with Crippen LogP contribution in [0.3, 0.4) is 0 Å². The van der Waals surface area contributed by atoms with Gasteiger partial charge in [-0.1, -0.05) is 19.1 Å². The number of carbonyl (C=O) groups excluding carboxylic acids is 2. The predicted octanol–water partition coefficient (Wildman–Crippen LogP) is 2.87. The van der Waals surface area contributed by atoms with E-state index in [0.717, 1.165) is 37.2 Å². The highest BCUT2D eigenvalue weighted by Gasteiger charge is 2.24. The van der Waals surface area contributed by atoms with Gasteiger partial charge in [-0.2, -0.15) is 0 Å². The molecule has 3 N–H and O–H groups in total. The van der Waals surface area contributed by atoms with E-state index in [1.54, 1.807) is 0 Å². The van der Waals surface area contributed by atoms with Gasteiger partial charge in [0.05, 0.1) is 0 Å². The summed E-state index contributed by atoms with van der Waals surface area (Å²) in [7, 11) is 0. The second-order valence-electron chi connectivity index (χ2n) is 7.76. The van der Waals surface area contributed by atoms with E-state index in [-0.39, 0.29) is 30.3 Å². The molecule has 3 rings (SSSR count). The van der Waals surface area contributed by atoms with Gasteiger partial charge in [0, 0.05) is 25.3 Å². The van der Waals surface area contributed by atoms with Crippen molar-refractivity contribution in [3.05, 3.63) is 29.8 Å². The molecule has 2 fully saturated rings. The van der Waals surface area contributed by atoms with E-state index in [0.29, 0.717) is 31.4 Å². The smallest absolute Gasteiger partial charge is 0.253 e. The van der Waals surface area contributed by atoms with Crippen LogP contribution in [0.5, 0.6) is 0 Å². The topological polar surface area (TPSA) is 79.5 Å². The maximum absolute atomic E-state index is 12.3. The lowest BCUT2D eigenvalue weighted by Crippen LogP contribution is -2.35. The number of anilines is 1. The molecule has 2 aliphatic heterocycles. The van der Waals surface area contributed by atoms with Crippen LogP contribution in [0.2, 0.25) is 0 Å². The molecule has 0 saturated carbocycles. The van der Waals surface area contributed by atoms with E-state index in [4.69, 9.17) is 4.74 Å². The molecule has 0 aromatic heterocycles. The largest absolute Gasteiger partial charge is 0.368 e. The second-order valence-corrected chi connectivity index (χ2v) is 7.76. The van der Waals surface area contributed by atoms with Crippen LogP contribution in [0.15, 0.2) is 24.3 Å². The summed E-state index contributed by atoms with van der Waals surface area (Å²) >= 11 is 0. The maximum Gasteiger partial charge on any atom is 0.253 e. The average Bonchev–Trinajstić information content (AvgIpc) is 3.22. The normalized spacial score (nSPS) is 22.8. The van der Waals surface area contributed by atoms with Gasteiger partial charge in [0.15, 0.2) is 0 Å². The summed E-state index contributed by atoms with van der Waals surface area (Å²) in [6.45, 7) is 5.40. The fraction of sp³-hybridized carbons (Fsp3) is 0.619. The lowest BCUT2D eigenvalue weighted by Gasteiger charge is -2.28. The number of carbonyl (C=O) groups is 2. The number of nitrogens with one attached hydrogen (secondary N) is 3. The van der Waals surface area contributed by atoms with E-state index >= 15 is 0 Å². The Morgan fingerprint density at radius 2 is 2.14 bits per heavy atom. The standard InChI is InChI=1S/C21H31N3O3.ClH/c1-15(17-6-3-9-22-14-17)11-20(25)23-13-16-5-2-7-18(12-16)24-21(26)19-8-4-10-27-19;/h2,5,7,12,15,17,19,22H,3-4,6,8-11,13-14H2,1H3,(H,23,25)(H,24,26);1H. The summed E-state index contributed by atoms with van der Waals surface area (Å²) < 4.78 is 5.41. The SMILES string of the molecule is CC(CC(=O)NCc1cccc(NC(=O)C2CCCO2)c1)C1CCCNC1.Cl. The van der Waals surface area contributed by atoms with Gasteiger partial charge < -0.3 is 20.7 Å². The molecule has 3 atom stereocenters. The molecule has 2 heterocycles. The minimum absolute atomic E-state index is 0. The van der Waals surface area contributed by atoms with Crippen molar-refractivity contribution in [3.63, 3.8) is 0 Å². The van der Waals surface area contributed by atoms with Crippen molar-refractivity contribution < 1.29 is 14.3 Å². The van der Waals surface area contributed by atoms with E-state index in [2.05, 4.69) is 22.9 Å². The zero-order valence-electron chi connectivity index (χ0n) is 16.5. The van der Waals surface area contributed by atoms with E-state index in [9.17, 15) is 9.59 Å². The number of rotatable bonds is 7. The second kappa shape index (κ2) is 11.4. The average molecular weight is 410 g/mol. The lowest BCUT2D eigenvalue weighted by molar-refractivity contribution is -0.124. The first-order valence-electron chi connectivity index (χ1n) is 10.1. The van der Waals surface area contributed by atoms with Crippen molar-refractivity contribution in [3.8, 4) is 0 Å². The van der Waals surface area contributed by atoms with Crippen LogP contribution in [-0.2, 0) is 20.9 Å². The van der Waals surface area contributed by atoms with Gasteiger partial charge >= 0.3 is 0 Å². The number of amides is 2. The summed E-state index contributed by atoms with van der Waals surface area (Å²) in [5, 5.41) is 9.32. The first-order valence-corrected chi connectivity index (χ1v) is 10.1. The summed E-state index contributed by atoms with van der Waals surface area (Å²) in [4.78, 5) is 24.4. The van der Waals surface area contributed by atoms with Gasteiger partial charge in [-0.15, -0.1) is 12.4 Å². The Morgan fingerprint density at radius 1 is 1.29 bits per heavy atom. The van der Waals surface area contributed by atoms with Crippen molar-refractivity contribution in [1.82, 2.24) is 10.6 Å². The molecule has 0 bridgehead atoms. The molecule has 7 heteroatoms. The minimum atomic E-state index is -0.343. The molecule has 1 aromatic rings. The molecular weight excluding hydrogens is 378 g/mol. The Hall–Kier alpha value is -1.63. The molecule has 2 aliphatic rings. The van der Waals surface area contributed by atoms with Gasteiger partial charge in [-0.05, 0) is 68.3 Å². The van der Waals surface area contributed by atoms with Crippen LogP contribution < -0.4 is 16.0 Å². The van der Waals surface area contributed by atoms with Gasteiger partial charge in [0.2, 0.25) is 5.91 Å². The molecule has 0 radical (unpaired) electrons. The minimum Gasteiger partial charge on any atom is -0.368 e. The summed E-state index contributed by atoms with van der Waals surface area (Å²) in [5.41, 5.74) is 1.71. The molecule has 2 saturated heterocycles. The number of hydrogen-bond donors (Lipinski definition) is 3. The predicted molar refractivity (Wildman–Crippen MR) is 113 cm³/mol. The van der Waals surface area contributed by atoms with Gasteiger partial charge in [-0.25, -0.2) is 0 Å². The number of halogens is 1. The molecule has 1 aromatic carbocycles. The Balaban J connectivity index is 0.00000280. The molecule has 0 aliphatic carbocycles. The highest BCUT2D eigenvalue weighted by Crippen LogP contribution is 2.22. The molecule has 6 nitrogen and oxygen atoms in total. The molecule has 156 valence electrons. The van der Waals surface area contributed by atoms with E-state index in [1.165, 1.54) is 12.8 Å². The van der Waals surface area contributed by atoms with E-state index in [1.807, 2.05) is 24.3 Å².